The quantitative estimate of drug-likeness (QED) is 0.814. The molecule has 1 aliphatic carbocycles. The molecule has 0 aromatic heterocycles. The Morgan fingerprint density at radius 1 is 1.29 bits per heavy atom. The van der Waals surface area contributed by atoms with Crippen molar-refractivity contribution >= 4 is 10.0 Å². The van der Waals surface area contributed by atoms with Gasteiger partial charge < -0.3 is 5.11 Å². The Balaban J connectivity index is 2.06. The maximum absolute atomic E-state index is 12.3. The van der Waals surface area contributed by atoms with Crippen molar-refractivity contribution in [2.75, 3.05) is 13.2 Å². The standard InChI is InChI=1S/C16H21NO3S/c1-13(2)16(9-10-16)12-17-21(19,20)15-7-5-14(6-8-15)4-3-11-18/h5-8,13,17-18H,9-12H2,1-2H3. The molecule has 0 radical (unpaired) electrons. The highest BCUT2D eigenvalue weighted by atomic mass is 32.2. The van der Waals surface area contributed by atoms with E-state index in [1.807, 2.05) is 0 Å². The third-order valence-electron chi connectivity index (χ3n) is 4.21. The summed E-state index contributed by atoms with van der Waals surface area (Å²) in [5.41, 5.74) is 0.823. The third-order valence-corrected chi connectivity index (χ3v) is 5.62. The van der Waals surface area contributed by atoms with Crippen molar-refractivity contribution in [3.05, 3.63) is 29.8 Å². The van der Waals surface area contributed by atoms with Gasteiger partial charge in [0.15, 0.2) is 0 Å². The maximum atomic E-state index is 12.3. The van der Waals surface area contributed by atoms with Gasteiger partial charge in [0.2, 0.25) is 10.0 Å². The van der Waals surface area contributed by atoms with Gasteiger partial charge in [0, 0.05) is 12.1 Å². The molecule has 2 rings (SSSR count). The van der Waals surface area contributed by atoms with Gasteiger partial charge in [-0.15, -0.1) is 0 Å². The summed E-state index contributed by atoms with van der Waals surface area (Å²) in [4.78, 5) is 0.247. The molecule has 0 atom stereocenters. The molecule has 2 N–H and O–H groups in total. The number of aliphatic hydroxyl groups excluding tert-OH is 1. The first-order valence-electron chi connectivity index (χ1n) is 7.09. The van der Waals surface area contributed by atoms with Gasteiger partial charge in [-0.2, -0.15) is 0 Å². The molecule has 0 aliphatic heterocycles. The van der Waals surface area contributed by atoms with Crippen LogP contribution in [0.4, 0.5) is 0 Å². The zero-order valence-electron chi connectivity index (χ0n) is 12.4. The van der Waals surface area contributed by atoms with Crippen LogP contribution in [-0.2, 0) is 10.0 Å². The highest BCUT2D eigenvalue weighted by Crippen LogP contribution is 2.51. The lowest BCUT2D eigenvalue weighted by Crippen LogP contribution is -2.32. The van der Waals surface area contributed by atoms with Crippen LogP contribution in [0.5, 0.6) is 0 Å². The van der Waals surface area contributed by atoms with E-state index in [4.69, 9.17) is 5.11 Å². The summed E-state index contributed by atoms with van der Waals surface area (Å²) >= 11 is 0. The molecule has 0 saturated heterocycles. The summed E-state index contributed by atoms with van der Waals surface area (Å²) in [7, 11) is -3.47. The second-order valence-electron chi connectivity index (χ2n) is 5.83. The van der Waals surface area contributed by atoms with Crippen LogP contribution in [-0.4, -0.2) is 26.7 Å². The first-order valence-corrected chi connectivity index (χ1v) is 8.57. The van der Waals surface area contributed by atoms with Crippen LogP contribution in [0.25, 0.3) is 0 Å². The van der Waals surface area contributed by atoms with Crippen molar-refractivity contribution in [1.82, 2.24) is 4.72 Å². The smallest absolute Gasteiger partial charge is 0.240 e. The first kappa shape index (κ1) is 16.0. The number of rotatable bonds is 5. The second kappa shape index (κ2) is 6.18. The van der Waals surface area contributed by atoms with Crippen molar-refractivity contribution in [3.8, 4) is 11.8 Å². The Morgan fingerprint density at radius 3 is 2.38 bits per heavy atom. The fourth-order valence-corrected chi connectivity index (χ4v) is 3.44. The minimum Gasteiger partial charge on any atom is -0.384 e. The number of hydrogen-bond donors (Lipinski definition) is 2. The topological polar surface area (TPSA) is 66.4 Å². The Morgan fingerprint density at radius 2 is 1.90 bits per heavy atom. The Labute approximate surface area is 126 Å². The van der Waals surface area contributed by atoms with Crippen LogP contribution < -0.4 is 4.72 Å². The molecule has 0 unspecified atom stereocenters. The molecular weight excluding hydrogens is 286 g/mol. The molecule has 4 nitrogen and oxygen atoms in total. The summed E-state index contributed by atoms with van der Waals surface area (Å²) in [5, 5.41) is 8.63. The number of benzene rings is 1. The van der Waals surface area contributed by atoms with Gasteiger partial charge in [-0.05, 0) is 48.4 Å². The molecule has 0 bridgehead atoms. The fourth-order valence-electron chi connectivity index (χ4n) is 2.30. The SMILES string of the molecule is CC(C)C1(CNS(=O)(=O)c2ccc(C#CCO)cc2)CC1. The molecule has 21 heavy (non-hydrogen) atoms. The fraction of sp³-hybridized carbons (Fsp3) is 0.500. The predicted octanol–water partition coefficient (Wildman–Crippen LogP) is 1.74. The summed E-state index contributed by atoms with van der Waals surface area (Å²) in [6, 6.07) is 6.37. The van der Waals surface area contributed by atoms with Gasteiger partial charge in [0.05, 0.1) is 4.90 Å². The minimum absolute atomic E-state index is 0.139. The van der Waals surface area contributed by atoms with E-state index in [2.05, 4.69) is 30.4 Å². The van der Waals surface area contributed by atoms with Gasteiger partial charge in [0.1, 0.15) is 6.61 Å². The lowest BCUT2D eigenvalue weighted by atomic mass is 9.93. The molecule has 0 heterocycles. The van der Waals surface area contributed by atoms with Crippen molar-refractivity contribution in [1.29, 1.82) is 0 Å². The van der Waals surface area contributed by atoms with E-state index in [1.54, 1.807) is 24.3 Å². The summed E-state index contributed by atoms with van der Waals surface area (Å²) < 4.78 is 27.3. The van der Waals surface area contributed by atoms with E-state index in [0.29, 0.717) is 18.0 Å². The van der Waals surface area contributed by atoms with E-state index < -0.39 is 10.0 Å². The van der Waals surface area contributed by atoms with Gasteiger partial charge in [-0.3, -0.25) is 0 Å². The normalized spacial score (nSPS) is 16.4. The molecule has 0 amide bonds. The highest BCUT2D eigenvalue weighted by Gasteiger charge is 2.45. The van der Waals surface area contributed by atoms with Crippen molar-refractivity contribution in [2.24, 2.45) is 11.3 Å². The second-order valence-corrected chi connectivity index (χ2v) is 7.59. The van der Waals surface area contributed by atoms with Crippen LogP contribution >= 0.6 is 0 Å². The van der Waals surface area contributed by atoms with Crippen LogP contribution in [0.1, 0.15) is 32.3 Å². The van der Waals surface area contributed by atoms with Gasteiger partial charge in [0.25, 0.3) is 0 Å². The van der Waals surface area contributed by atoms with E-state index >= 15 is 0 Å². The monoisotopic (exact) mass is 307 g/mol. The Bertz CT molecular complexity index is 647. The molecular formula is C16H21NO3S. The molecule has 1 saturated carbocycles. The van der Waals surface area contributed by atoms with Crippen molar-refractivity contribution in [3.63, 3.8) is 0 Å². The first-order chi connectivity index (χ1) is 9.89. The molecule has 1 aromatic rings. The van der Waals surface area contributed by atoms with Crippen LogP contribution in [0.15, 0.2) is 29.2 Å². The van der Waals surface area contributed by atoms with E-state index in [0.717, 1.165) is 12.8 Å². The summed E-state index contributed by atoms with van der Waals surface area (Å²) in [6.45, 7) is 4.56. The number of hydrogen-bond acceptors (Lipinski definition) is 3. The Hall–Kier alpha value is -1.35. The van der Waals surface area contributed by atoms with Gasteiger partial charge in [-0.25, -0.2) is 13.1 Å². The minimum atomic E-state index is -3.47. The lowest BCUT2D eigenvalue weighted by Gasteiger charge is -2.20. The number of nitrogens with one attached hydrogen (secondary N) is 1. The molecule has 1 fully saturated rings. The third kappa shape index (κ3) is 3.85. The summed E-state index contributed by atoms with van der Waals surface area (Å²) in [5.74, 6) is 5.75. The highest BCUT2D eigenvalue weighted by molar-refractivity contribution is 7.89. The number of sulfonamides is 1. The van der Waals surface area contributed by atoms with Crippen LogP contribution in [0, 0.1) is 23.2 Å². The van der Waals surface area contributed by atoms with Crippen molar-refractivity contribution in [2.45, 2.75) is 31.6 Å². The van der Waals surface area contributed by atoms with E-state index in [1.165, 1.54) is 0 Å². The zero-order chi connectivity index (χ0) is 15.5. The molecule has 114 valence electrons. The molecule has 5 heteroatoms. The van der Waals surface area contributed by atoms with Crippen LogP contribution in [0.3, 0.4) is 0 Å². The largest absolute Gasteiger partial charge is 0.384 e. The Kier molecular flexibility index (Phi) is 4.72. The molecule has 1 aliphatic rings. The predicted molar refractivity (Wildman–Crippen MR) is 82.1 cm³/mol. The average Bonchev–Trinajstić information content (AvgIpc) is 3.25. The molecule has 0 spiro atoms. The zero-order valence-corrected chi connectivity index (χ0v) is 13.2. The number of aliphatic hydroxyl groups is 1. The maximum Gasteiger partial charge on any atom is 0.240 e. The van der Waals surface area contributed by atoms with Crippen molar-refractivity contribution < 1.29 is 13.5 Å². The van der Waals surface area contributed by atoms with Gasteiger partial charge >= 0.3 is 0 Å². The van der Waals surface area contributed by atoms with E-state index in [9.17, 15) is 8.42 Å². The van der Waals surface area contributed by atoms with Crippen LogP contribution in [0.2, 0.25) is 0 Å². The average molecular weight is 307 g/mol. The van der Waals surface area contributed by atoms with Gasteiger partial charge in [-0.1, -0.05) is 25.7 Å². The molecule has 1 aromatic carbocycles. The summed E-state index contributed by atoms with van der Waals surface area (Å²) in [6.07, 6.45) is 2.17. The van der Waals surface area contributed by atoms with E-state index in [-0.39, 0.29) is 16.9 Å². The lowest BCUT2D eigenvalue weighted by molar-refractivity contribution is 0.350.